The van der Waals surface area contributed by atoms with Crippen LogP contribution in [0.5, 0.6) is 5.75 Å². The second-order valence-corrected chi connectivity index (χ2v) is 7.95. The lowest BCUT2D eigenvalue weighted by Crippen LogP contribution is -2.33. The van der Waals surface area contributed by atoms with E-state index in [1.807, 2.05) is 38.1 Å². The highest BCUT2D eigenvalue weighted by molar-refractivity contribution is 7.92. The molecule has 1 amide bonds. The van der Waals surface area contributed by atoms with Crippen LogP contribution in [0.2, 0.25) is 0 Å². The number of hydrogen-bond acceptors (Lipinski definition) is 4. The Balaban J connectivity index is 2.15. The summed E-state index contributed by atoms with van der Waals surface area (Å²) in [4.78, 5) is 12.4. The maximum atomic E-state index is 12.4. The van der Waals surface area contributed by atoms with Crippen LogP contribution in [0.4, 0.5) is 11.4 Å². The molecule has 0 spiro atoms. The van der Waals surface area contributed by atoms with Gasteiger partial charge in [0.05, 0.1) is 18.6 Å². The van der Waals surface area contributed by atoms with Crippen molar-refractivity contribution in [3.05, 3.63) is 54.1 Å². The zero-order valence-corrected chi connectivity index (χ0v) is 16.8. The Bertz CT molecular complexity index is 881. The van der Waals surface area contributed by atoms with Gasteiger partial charge in [-0.15, -0.1) is 0 Å². The maximum Gasteiger partial charge on any atom is 0.232 e. The second-order valence-electron chi connectivity index (χ2n) is 6.04. The lowest BCUT2D eigenvalue weighted by Gasteiger charge is -2.24. The van der Waals surface area contributed by atoms with Gasteiger partial charge >= 0.3 is 0 Å². The van der Waals surface area contributed by atoms with E-state index >= 15 is 0 Å². The number of rotatable bonds is 9. The van der Waals surface area contributed by atoms with E-state index in [4.69, 9.17) is 4.74 Å². The molecule has 2 aromatic carbocycles. The van der Waals surface area contributed by atoms with E-state index in [0.717, 1.165) is 23.9 Å². The smallest absolute Gasteiger partial charge is 0.232 e. The zero-order valence-electron chi connectivity index (χ0n) is 15.9. The Labute approximate surface area is 161 Å². The van der Waals surface area contributed by atoms with Crippen molar-refractivity contribution < 1.29 is 17.9 Å². The summed E-state index contributed by atoms with van der Waals surface area (Å²) in [6.07, 6.45) is 1.96. The molecule has 0 saturated heterocycles. The monoisotopic (exact) mass is 390 g/mol. The summed E-state index contributed by atoms with van der Waals surface area (Å²) in [5.74, 6) is 0.237. The molecular formula is C20H26N2O4S. The minimum atomic E-state index is -3.57. The van der Waals surface area contributed by atoms with Crippen LogP contribution in [0, 0.1) is 0 Å². The Morgan fingerprint density at radius 2 is 1.74 bits per heavy atom. The Kier molecular flexibility index (Phi) is 7.24. The average molecular weight is 391 g/mol. The van der Waals surface area contributed by atoms with Gasteiger partial charge < -0.3 is 10.1 Å². The van der Waals surface area contributed by atoms with Crippen molar-refractivity contribution in [2.45, 2.75) is 26.7 Å². The number of amides is 1. The molecule has 2 aromatic rings. The van der Waals surface area contributed by atoms with E-state index in [0.29, 0.717) is 18.0 Å². The molecule has 0 atom stereocenters. The number of nitrogens with zero attached hydrogens (tertiary/aromatic N) is 1. The second kappa shape index (κ2) is 9.41. The summed E-state index contributed by atoms with van der Waals surface area (Å²) >= 11 is 0. The fourth-order valence-electron chi connectivity index (χ4n) is 2.77. The largest absolute Gasteiger partial charge is 0.492 e. The highest BCUT2D eigenvalue weighted by Crippen LogP contribution is 2.30. The summed E-state index contributed by atoms with van der Waals surface area (Å²) in [5.41, 5.74) is 2.22. The molecule has 2 rings (SSSR count). The van der Waals surface area contributed by atoms with Crippen LogP contribution in [0.1, 0.15) is 25.8 Å². The van der Waals surface area contributed by atoms with Gasteiger partial charge in [-0.2, -0.15) is 0 Å². The van der Waals surface area contributed by atoms with Gasteiger partial charge in [-0.25, -0.2) is 8.42 Å². The van der Waals surface area contributed by atoms with Gasteiger partial charge in [-0.05, 0) is 37.1 Å². The van der Waals surface area contributed by atoms with Gasteiger partial charge in [0.25, 0.3) is 0 Å². The summed E-state index contributed by atoms with van der Waals surface area (Å²) < 4.78 is 31.3. The van der Waals surface area contributed by atoms with Crippen LogP contribution < -0.4 is 14.4 Å². The van der Waals surface area contributed by atoms with Gasteiger partial charge in [-0.1, -0.05) is 37.3 Å². The first-order valence-corrected chi connectivity index (χ1v) is 10.8. The molecule has 0 aliphatic rings. The van der Waals surface area contributed by atoms with Crippen LogP contribution in [-0.2, 0) is 21.2 Å². The minimum absolute atomic E-state index is 0.0308. The lowest BCUT2D eigenvalue weighted by atomic mass is 10.1. The number of benzene rings is 2. The first kappa shape index (κ1) is 20.8. The van der Waals surface area contributed by atoms with Crippen molar-refractivity contribution >= 4 is 27.3 Å². The van der Waals surface area contributed by atoms with E-state index in [-0.39, 0.29) is 18.9 Å². The molecule has 0 saturated carbocycles. The summed E-state index contributed by atoms with van der Waals surface area (Å²) in [7, 11) is -3.57. The molecule has 0 heterocycles. The molecule has 0 fully saturated rings. The average Bonchev–Trinajstić information content (AvgIpc) is 2.63. The third kappa shape index (κ3) is 5.72. The van der Waals surface area contributed by atoms with Crippen molar-refractivity contribution in [3.63, 3.8) is 0 Å². The van der Waals surface area contributed by atoms with Gasteiger partial charge in [0, 0.05) is 18.7 Å². The Morgan fingerprint density at radius 3 is 2.41 bits per heavy atom. The van der Waals surface area contributed by atoms with Crippen LogP contribution in [0.3, 0.4) is 0 Å². The molecule has 0 radical (unpaired) electrons. The van der Waals surface area contributed by atoms with Crippen molar-refractivity contribution in [1.82, 2.24) is 0 Å². The molecule has 0 aliphatic heterocycles. The first-order valence-electron chi connectivity index (χ1n) is 8.94. The lowest BCUT2D eigenvalue weighted by molar-refractivity contribution is -0.116. The molecule has 7 heteroatoms. The number of aryl methyl sites for hydroxylation is 1. The predicted molar refractivity (Wildman–Crippen MR) is 109 cm³/mol. The topological polar surface area (TPSA) is 75.7 Å². The molecule has 0 bridgehead atoms. The number of anilines is 2. The predicted octanol–water partition coefficient (Wildman–Crippen LogP) is 3.44. The minimum Gasteiger partial charge on any atom is -0.492 e. The molecular weight excluding hydrogens is 364 g/mol. The number of sulfonamides is 1. The van der Waals surface area contributed by atoms with E-state index in [9.17, 15) is 13.2 Å². The van der Waals surface area contributed by atoms with E-state index in [2.05, 4.69) is 5.32 Å². The molecule has 6 nitrogen and oxygen atoms in total. The number of ether oxygens (including phenoxy) is 1. The summed E-state index contributed by atoms with van der Waals surface area (Å²) in [6, 6.07) is 14.5. The van der Waals surface area contributed by atoms with Crippen molar-refractivity contribution in [2.24, 2.45) is 0 Å². The SMILES string of the molecule is CCOc1ccccc1N(CCC(=O)Nc1ccccc1CC)S(C)(=O)=O. The number of para-hydroxylation sites is 3. The number of carbonyl (C=O) groups excluding carboxylic acids is 1. The van der Waals surface area contributed by atoms with Crippen LogP contribution in [0.15, 0.2) is 48.5 Å². The summed E-state index contributed by atoms with van der Waals surface area (Å²) in [6.45, 7) is 4.30. The van der Waals surface area contributed by atoms with Crippen molar-refractivity contribution in [1.29, 1.82) is 0 Å². The van der Waals surface area contributed by atoms with E-state index in [1.165, 1.54) is 4.31 Å². The van der Waals surface area contributed by atoms with Gasteiger partial charge in [0.2, 0.25) is 15.9 Å². The third-order valence-electron chi connectivity index (χ3n) is 4.05. The van der Waals surface area contributed by atoms with Gasteiger partial charge in [0.1, 0.15) is 5.75 Å². The molecule has 146 valence electrons. The van der Waals surface area contributed by atoms with Crippen LogP contribution >= 0.6 is 0 Å². The standard InChI is InChI=1S/C20H26N2O4S/c1-4-16-10-6-7-11-17(16)21-20(23)14-15-22(27(3,24)25)18-12-8-9-13-19(18)26-5-2/h6-13H,4-5,14-15H2,1-3H3,(H,21,23). The zero-order chi connectivity index (χ0) is 19.9. The van der Waals surface area contributed by atoms with Crippen LogP contribution in [-0.4, -0.2) is 33.7 Å². The highest BCUT2D eigenvalue weighted by atomic mass is 32.2. The molecule has 0 unspecified atom stereocenters. The Morgan fingerprint density at radius 1 is 1.07 bits per heavy atom. The number of carbonyl (C=O) groups is 1. The van der Waals surface area contributed by atoms with E-state index < -0.39 is 10.0 Å². The van der Waals surface area contributed by atoms with Gasteiger partial charge in [-0.3, -0.25) is 9.10 Å². The Hall–Kier alpha value is -2.54. The van der Waals surface area contributed by atoms with Gasteiger partial charge in [0.15, 0.2) is 0 Å². The van der Waals surface area contributed by atoms with Crippen molar-refractivity contribution in [2.75, 3.05) is 29.0 Å². The molecule has 0 aromatic heterocycles. The first-order chi connectivity index (χ1) is 12.9. The maximum absolute atomic E-state index is 12.4. The fourth-order valence-corrected chi connectivity index (χ4v) is 3.70. The number of nitrogens with one attached hydrogen (secondary N) is 1. The molecule has 27 heavy (non-hydrogen) atoms. The molecule has 0 aliphatic carbocycles. The van der Waals surface area contributed by atoms with Crippen molar-refractivity contribution in [3.8, 4) is 5.75 Å². The van der Waals surface area contributed by atoms with E-state index in [1.54, 1.807) is 24.3 Å². The third-order valence-corrected chi connectivity index (χ3v) is 5.23. The van der Waals surface area contributed by atoms with Crippen LogP contribution in [0.25, 0.3) is 0 Å². The highest BCUT2D eigenvalue weighted by Gasteiger charge is 2.22. The fraction of sp³-hybridized carbons (Fsp3) is 0.350. The summed E-state index contributed by atoms with van der Waals surface area (Å²) in [5, 5.41) is 2.87. The normalized spacial score (nSPS) is 11.1. The number of hydrogen-bond donors (Lipinski definition) is 1. The molecule has 1 N–H and O–H groups in total. The quantitative estimate of drug-likeness (QED) is 0.712.